The predicted octanol–water partition coefficient (Wildman–Crippen LogP) is 1.70. The minimum Gasteiger partial charge on any atom is -0.389 e. The predicted molar refractivity (Wildman–Crippen MR) is 72.2 cm³/mol. The van der Waals surface area contributed by atoms with Gasteiger partial charge in [0, 0.05) is 24.9 Å². The molecule has 2 heterocycles. The number of anilines is 1. The molecule has 1 atom stereocenters. The second kappa shape index (κ2) is 4.98. The molecule has 0 spiro atoms. The zero-order chi connectivity index (χ0) is 12.3. The number of nitrogens with one attached hydrogen (secondary N) is 1. The van der Waals surface area contributed by atoms with Gasteiger partial charge in [0.15, 0.2) is 0 Å². The van der Waals surface area contributed by atoms with Gasteiger partial charge in [-0.2, -0.15) is 0 Å². The van der Waals surface area contributed by atoms with Crippen molar-refractivity contribution < 1.29 is 4.74 Å². The van der Waals surface area contributed by atoms with Gasteiger partial charge in [0.05, 0.1) is 17.5 Å². The molecular formula is C12H17N3OS. The molecule has 0 aliphatic carbocycles. The number of nitrogens with zero attached hydrogens (tertiary/aromatic N) is 1. The molecule has 2 rings (SSSR count). The number of pyridine rings is 1. The van der Waals surface area contributed by atoms with E-state index in [2.05, 4.69) is 17.2 Å². The normalized spacial score (nSPS) is 23.6. The van der Waals surface area contributed by atoms with Crippen molar-refractivity contribution in [3.8, 4) is 0 Å². The van der Waals surface area contributed by atoms with Crippen molar-refractivity contribution in [1.29, 1.82) is 0 Å². The highest BCUT2D eigenvalue weighted by Gasteiger charge is 2.29. The first-order valence-electron chi connectivity index (χ1n) is 5.72. The van der Waals surface area contributed by atoms with Crippen molar-refractivity contribution in [2.24, 2.45) is 5.73 Å². The molecule has 4 nitrogen and oxygen atoms in total. The summed E-state index contributed by atoms with van der Waals surface area (Å²) in [6, 6.07) is 1.82. The summed E-state index contributed by atoms with van der Waals surface area (Å²) >= 11 is 5.01. The SMILES string of the molecule is CC1(CNc2cnccc2C(N)=S)CCCO1. The molecule has 0 radical (unpaired) electrons. The van der Waals surface area contributed by atoms with Crippen molar-refractivity contribution in [2.45, 2.75) is 25.4 Å². The van der Waals surface area contributed by atoms with Crippen LogP contribution in [-0.2, 0) is 4.74 Å². The summed E-state index contributed by atoms with van der Waals surface area (Å²) in [5.41, 5.74) is 7.27. The highest BCUT2D eigenvalue weighted by Crippen LogP contribution is 2.25. The quantitative estimate of drug-likeness (QED) is 0.798. The lowest BCUT2D eigenvalue weighted by Gasteiger charge is -2.24. The Kier molecular flexibility index (Phi) is 3.59. The van der Waals surface area contributed by atoms with Gasteiger partial charge >= 0.3 is 0 Å². The molecule has 0 amide bonds. The number of hydrogen-bond acceptors (Lipinski definition) is 4. The third kappa shape index (κ3) is 2.92. The maximum Gasteiger partial charge on any atom is 0.106 e. The summed E-state index contributed by atoms with van der Waals surface area (Å²) in [4.78, 5) is 4.46. The third-order valence-electron chi connectivity index (χ3n) is 3.04. The van der Waals surface area contributed by atoms with Crippen LogP contribution in [0.1, 0.15) is 25.3 Å². The number of rotatable bonds is 4. The van der Waals surface area contributed by atoms with Crippen LogP contribution in [0.3, 0.4) is 0 Å². The maximum absolute atomic E-state index is 5.72. The Hall–Kier alpha value is -1.20. The zero-order valence-electron chi connectivity index (χ0n) is 9.90. The molecule has 17 heavy (non-hydrogen) atoms. The van der Waals surface area contributed by atoms with Crippen molar-refractivity contribution >= 4 is 22.9 Å². The summed E-state index contributed by atoms with van der Waals surface area (Å²) in [7, 11) is 0. The van der Waals surface area contributed by atoms with E-state index in [4.69, 9.17) is 22.7 Å². The molecule has 1 unspecified atom stereocenters. The number of hydrogen-bond donors (Lipinski definition) is 2. The Morgan fingerprint density at radius 3 is 3.18 bits per heavy atom. The second-order valence-corrected chi connectivity index (χ2v) is 4.98. The van der Waals surface area contributed by atoms with Gasteiger partial charge in [0.25, 0.3) is 0 Å². The van der Waals surface area contributed by atoms with Gasteiger partial charge in [-0.1, -0.05) is 12.2 Å². The van der Waals surface area contributed by atoms with Gasteiger partial charge in [-0.05, 0) is 25.8 Å². The fourth-order valence-corrected chi connectivity index (χ4v) is 2.19. The highest BCUT2D eigenvalue weighted by atomic mass is 32.1. The fraction of sp³-hybridized carbons (Fsp3) is 0.500. The smallest absolute Gasteiger partial charge is 0.106 e. The van der Waals surface area contributed by atoms with Gasteiger partial charge < -0.3 is 15.8 Å². The van der Waals surface area contributed by atoms with Crippen LogP contribution in [0.15, 0.2) is 18.5 Å². The summed E-state index contributed by atoms with van der Waals surface area (Å²) in [5, 5.41) is 3.32. The Balaban J connectivity index is 2.06. The number of nitrogens with two attached hydrogens (primary N) is 1. The van der Waals surface area contributed by atoms with Gasteiger partial charge in [0.1, 0.15) is 4.99 Å². The van der Waals surface area contributed by atoms with E-state index in [9.17, 15) is 0 Å². The molecule has 92 valence electrons. The van der Waals surface area contributed by atoms with Crippen LogP contribution in [-0.4, -0.2) is 28.7 Å². The average Bonchev–Trinajstić information content (AvgIpc) is 2.74. The molecule has 5 heteroatoms. The van der Waals surface area contributed by atoms with E-state index < -0.39 is 0 Å². The van der Waals surface area contributed by atoms with E-state index in [-0.39, 0.29) is 5.60 Å². The Bertz CT molecular complexity index is 416. The van der Waals surface area contributed by atoms with E-state index >= 15 is 0 Å². The van der Waals surface area contributed by atoms with Gasteiger partial charge in [0.2, 0.25) is 0 Å². The summed E-state index contributed by atoms with van der Waals surface area (Å²) in [6.45, 7) is 3.70. The topological polar surface area (TPSA) is 60.2 Å². The summed E-state index contributed by atoms with van der Waals surface area (Å²) in [6.07, 6.45) is 5.62. The van der Waals surface area contributed by atoms with Crippen LogP contribution >= 0.6 is 12.2 Å². The molecule has 1 fully saturated rings. The molecule has 0 aromatic carbocycles. The van der Waals surface area contributed by atoms with E-state index in [1.165, 1.54) is 0 Å². The molecule has 3 N–H and O–H groups in total. The minimum absolute atomic E-state index is 0.0939. The first-order valence-corrected chi connectivity index (χ1v) is 6.13. The van der Waals surface area contributed by atoms with Crippen LogP contribution in [0.5, 0.6) is 0 Å². The number of aromatic nitrogens is 1. The lowest BCUT2D eigenvalue weighted by molar-refractivity contribution is 0.0315. The summed E-state index contributed by atoms with van der Waals surface area (Å²) < 4.78 is 5.72. The Labute approximate surface area is 107 Å². The van der Waals surface area contributed by atoms with E-state index in [1.807, 2.05) is 6.07 Å². The second-order valence-electron chi connectivity index (χ2n) is 4.54. The number of ether oxygens (including phenoxy) is 1. The minimum atomic E-state index is -0.0939. The van der Waals surface area contributed by atoms with Crippen molar-refractivity contribution in [1.82, 2.24) is 4.98 Å². The fourth-order valence-electron chi connectivity index (χ4n) is 2.01. The van der Waals surface area contributed by atoms with Crippen LogP contribution < -0.4 is 11.1 Å². The Morgan fingerprint density at radius 1 is 1.71 bits per heavy atom. The van der Waals surface area contributed by atoms with Crippen molar-refractivity contribution in [3.63, 3.8) is 0 Å². The van der Waals surface area contributed by atoms with Crippen LogP contribution in [0.2, 0.25) is 0 Å². The standard InChI is InChI=1S/C12H17N3OS/c1-12(4-2-6-16-12)8-15-10-7-14-5-3-9(10)11(13)17/h3,5,7,15H,2,4,6,8H2,1H3,(H2,13,17). The first-order chi connectivity index (χ1) is 8.11. The molecule has 0 bridgehead atoms. The van der Waals surface area contributed by atoms with Crippen molar-refractivity contribution in [2.75, 3.05) is 18.5 Å². The summed E-state index contributed by atoms with van der Waals surface area (Å²) in [5.74, 6) is 0. The monoisotopic (exact) mass is 251 g/mol. The molecule has 1 aromatic rings. The lowest BCUT2D eigenvalue weighted by Crippen LogP contribution is -2.33. The molecule has 0 saturated carbocycles. The molecule has 1 aromatic heterocycles. The van der Waals surface area contributed by atoms with Gasteiger partial charge in [-0.15, -0.1) is 0 Å². The van der Waals surface area contributed by atoms with Crippen LogP contribution in [0.4, 0.5) is 5.69 Å². The van der Waals surface area contributed by atoms with Gasteiger partial charge in [-0.25, -0.2) is 0 Å². The zero-order valence-corrected chi connectivity index (χ0v) is 10.7. The molecule has 1 aliphatic heterocycles. The van der Waals surface area contributed by atoms with Crippen LogP contribution in [0, 0.1) is 0 Å². The molecular weight excluding hydrogens is 234 g/mol. The molecule has 1 aliphatic rings. The number of thiocarbonyl (C=S) groups is 1. The van der Waals surface area contributed by atoms with Gasteiger partial charge in [-0.3, -0.25) is 4.98 Å². The van der Waals surface area contributed by atoms with E-state index in [0.29, 0.717) is 4.99 Å². The average molecular weight is 251 g/mol. The van der Waals surface area contributed by atoms with E-state index in [1.54, 1.807) is 12.4 Å². The first kappa shape index (κ1) is 12.3. The van der Waals surface area contributed by atoms with E-state index in [0.717, 1.165) is 37.2 Å². The van der Waals surface area contributed by atoms with Crippen molar-refractivity contribution in [3.05, 3.63) is 24.0 Å². The Morgan fingerprint density at radius 2 is 2.53 bits per heavy atom. The highest BCUT2D eigenvalue weighted by molar-refractivity contribution is 7.80. The maximum atomic E-state index is 5.72. The molecule has 1 saturated heterocycles. The largest absolute Gasteiger partial charge is 0.389 e. The third-order valence-corrected chi connectivity index (χ3v) is 3.26. The van der Waals surface area contributed by atoms with Crippen LogP contribution in [0.25, 0.3) is 0 Å². The lowest BCUT2D eigenvalue weighted by atomic mass is 10.0.